The normalized spacial score (nSPS) is 10.6. The van der Waals surface area contributed by atoms with Gasteiger partial charge in [-0.2, -0.15) is 0 Å². The van der Waals surface area contributed by atoms with E-state index >= 15 is 0 Å². The SMILES string of the molecule is COc1ccc(C(=O)CCC(C)C)cc1Cl. The van der Waals surface area contributed by atoms with Crippen LogP contribution in [0.2, 0.25) is 5.02 Å². The number of ketones is 1. The van der Waals surface area contributed by atoms with Gasteiger partial charge in [-0.05, 0) is 30.5 Å². The highest BCUT2D eigenvalue weighted by Crippen LogP contribution is 2.25. The Morgan fingerprint density at radius 3 is 2.62 bits per heavy atom. The number of hydrogen-bond acceptors (Lipinski definition) is 2. The molecule has 2 nitrogen and oxygen atoms in total. The van der Waals surface area contributed by atoms with Crippen molar-refractivity contribution in [3.63, 3.8) is 0 Å². The predicted molar refractivity (Wildman–Crippen MR) is 66.4 cm³/mol. The molecule has 0 amide bonds. The second kappa shape index (κ2) is 5.90. The molecule has 1 rings (SSSR count). The van der Waals surface area contributed by atoms with Crippen molar-refractivity contribution in [2.24, 2.45) is 5.92 Å². The van der Waals surface area contributed by atoms with Crippen LogP contribution in [-0.2, 0) is 0 Å². The van der Waals surface area contributed by atoms with Gasteiger partial charge < -0.3 is 4.74 Å². The highest BCUT2D eigenvalue weighted by molar-refractivity contribution is 6.32. The van der Waals surface area contributed by atoms with E-state index in [1.54, 1.807) is 25.3 Å². The molecule has 0 fully saturated rings. The Bertz CT molecular complexity index is 372. The lowest BCUT2D eigenvalue weighted by Gasteiger charge is -2.06. The molecule has 0 saturated heterocycles. The maximum Gasteiger partial charge on any atom is 0.162 e. The summed E-state index contributed by atoms with van der Waals surface area (Å²) < 4.78 is 5.03. The molecule has 3 heteroatoms. The molecule has 0 heterocycles. The molecule has 0 aliphatic carbocycles. The molecule has 0 aliphatic heterocycles. The lowest BCUT2D eigenvalue weighted by molar-refractivity contribution is 0.0975. The number of ether oxygens (including phenoxy) is 1. The third kappa shape index (κ3) is 3.53. The zero-order valence-electron chi connectivity index (χ0n) is 9.92. The fourth-order valence-corrected chi connectivity index (χ4v) is 1.66. The van der Waals surface area contributed by atoms with E-state index in [1.165, 1.54) is 0 Å². The first-order valence-electron chi connectivity index (χ1n) is 5.41. The maximum absolute atomic E-state index is 11.8. The van der Waals surface area contributed by atoms with Gasteiger partial charge in [0.25, 0.3) is 0 Å². The van der Waals surface area contributed by atoms with Crippen molar-refractivity contribution in [1.29, 1.82) is 0 Å². The Hall–Kier alpha value is -1.02. The van der Waals surface area contributed by atoms with Gasteiger partial charge in [-0.3, -0.25) is 4.79 Å². The third-order valence-electron chi connectivity index (χ3n) is 2.42. The Morgan fingerprint density at radius 1 is 1.44 bits per heavy atom. The third-order valence-corrected chi connectivity index (χ3v) is 2.72. The van der Waals surface area contributed by atoms with Crippen LogP contribution < -0.4 is 4.74 Å². The summed E-state index contributed by atoms with van der Waals surface area (Å²) in [6.45, 7) is 4.21. The molecule has 0 unspecified atom stereocenters. The van der Waals surface area contributed by atoms with E-state index in [0.29, 0.717) is 28.7 Å². The minimum Gasteiger partial charge on any atom is -0.495 e. The first-order chi connectivity index (χ1) is 7.54. The molecular formula is C13H17ClO2. The van der Waals surface area contributed by atoms with Crippen LogP contribution in [0.25, 0.3) is 0 Å². The molecule has 0 aliphatic rings. The van der Waals surface area contributed by atoms with E-state index in [4.69, 9.17) is 16.3 Å². The molecule has 1 aromatic rings. The van der Waals surface area contributed by atoms with Crippen molar-refractivity contribution in [3.8, 4) is 5.75 Å². The van der Waals surface area contributed by atoms with E-state index in [9.17, 15) is 4.79 Å². The van der Waals surface area contributed by atoms with Crippen LogP contribution in [0.3, 0.4) is 0 Å². The van der Waals surface area contributed by atoms with Crippen molar-refractivity contribution in [1.82, 2.24) is 0 Å². The molecule has 0 aromatic heterocycles. The van der Waals surface area contributed by atoms with Crippen LogP contribution in [0.5, 0.6) is 5.75 Å². The number of methoxy groups -OCH3 is 1. The second-order valence-electron chi connectivity index (χ2n) is 4.21. The average molecular weight is 241 g/mol. The molecule has 1 aromatic carbocycles. The number of hydrogen-bond donors (Lipinski definition) is 0. The first-order valence-corrected chi connectivity index (χ1v) is 5.79. The van der Waals surface area contributed by atoms with E-state index in [-0.39, 0.29) is 5.78 Å². The molecule has 0 spiro atoms. The van der Waals surface area contributed by atoms with Gasteiger partial charge in [0.1, 0.15) is 5.75 Å². The van der Waals surface area contributed by atoms with Crippen LogP contribution in [0.4, 0.5) is 0 Å². The fraction of sp³-hybridized carbons (Fsp3) is 0.462. The van der Waals surface area contributed by atoms with Gasteiger partial charge in [0.2, 0.25) is 0 Å². The summed E-state index contributed by atoms with van der Waals surface area (Å²) in [7, 11) is 1.56. The molecule has 0 saturated carbocycles. The number of carbonyl (C=O) groups excluding carboxylic acids is 1. The van der Waals surface area contributed by atoms with Gasteiger partial charge in [0, 0.05) is 12.0 Å². The quantitative estimate of drug-likeness (QED) is 0.728. The number of Topliss-reactive ketones (excluding diaryl/α,β-unsaturated/α-hetero) is 1. The smallest absolute Gasteiger partial charge is 0.162 e. The van der Waals surface area contributed by atoms with Gasteiger partial charge in [-0.25, -0.2) is 0 Å². The van der Waals surface area contributed by atoms with Crippen molar-refractivity contribution < 1.29 is 9.53 Å². The molecule has 0 atom stereocenters. The lowest BCUT2D eigenvalue weighted by Crippen LogP contribution is -2.01. The van der Waals surface area contributed by atoms with Crippen molar-refractivity contribution >= 4 is 17.4 Å². The van der Waals surface area contributed by atoms with Crippen LogP contribution >= 0.6 is 11.6 Å². The minimum absolute atomic E-state index is 0.137. The van der Waals surface area contributed by atoms with Crippen molar-refractivity contribution in [3.05, 3.63) is 28.8 Å². The summed E-state index contributed by atoms with van der Waals surface area (Å²) in [5.41, 5.74) is 0.659. The second-order valence-corrected chi connectivity index (χ2v) is 4.61. The standard InChI is InChI=1S/C13H17ClO2/c1-9(2)4-6-12(15)10-5-7-13(16-3)11(14)8-10/h5,7-9H,4,6H2,1-3H3. The number of rotatable bonds is 5. The van der Waals surface area contributed by atoms with E-state index in [2.05, 4.69) is 13.8 Å². The first kappa shape index (κ1) is 13.0. The topological polar surface area (TPSA) is 26.3 Å². The number of carbonyl (C=O) groups is 1. The number of benzene rings is 1. The molecule has 88 valence electrons. The Balaban J connectivity index is 2.73. The Morgan fingerprint density at radius 2 is 2.12 bits per heavy atom. The van der Waals surface area contributed by atoms with Crippen molar-refractivity contribution in [2.45, 2.75) is 26.7 Å². The zero-order valence-corrected chi connectivity index (χ0v) is 10.7. The monoisotopic (exact) mass is 240 g/mol. The lowest BCUT2D eigenvalue weighted by atomic mass is 10.0. The van der Waals surface area contributed by atoms with Crippen LogP contribution in [0, 0.1) is 5.92 Å². The highest BCUT2D eigenvalue weighted by atomic mass is 35.5. The van der Waals surface area contributed by atoms with Gasteiger partial charge in [0.05, 0.1) is 12.1 Å². The summed E-state index contributed by atoms with van der Waals surface area (Å²) in [4.78, 5) is 11.8. The van der Waals surface area contributed by atoms with Crippen molar-refractivity contribution in [2.75, 3.05) is 7.11 Å². The number of halogens is 1. The summed E-state index contributed by atoms with van der Waals surface area (Å²) in [6, 6.07) is 5.15. The Labute approximate surface area is 102 Å². The predicted octanol–water partition coefficient (Wildman–Crippen LogP) is 3.97. The largest absolute Gasteiger partial charge is 0.495 e. The minimum atomic E-state index is 0.137. The molecule has 0 N–H and O–H groups in total. The summed E-state index contributed by atoms with van der Waals surface area (Å²) >= 11 is 5.96. The average Bonchev–Trinajstić information content (AvgIpc) is 2.25. The molecular weight excluding hydrogens is 224 g/mol. The van der Waals surface area contributed by atoms with Gasteiger partial charge >= 0.3 is 0 Å². The van der Waals surface area contributed by atoms with Crippen LogP contribution in [0.15, 0.2) is 18.2 Å². The van der Waals surface area contributed by atoms with Crippen LogP contribution in [-0.4, -0.2) is 12.9 Å². The van der Waals surface area contributed by atoms with Gasteiger partial charge in [-0.15, -0.1) is 0 Å². The van der Waals surface area contributed by atoms with Crippen LogP contribution in [0.1, 0.15) is 37.0 Å². The molecule has 16 heavy (non-hydrogen) atoms. The van der Waals surface area contributed by atoms with E-state index in [0.717, 1.165) is 6.42 Å². The summed E-state index contributed by atoms with van der Waals surface area (Å²) in [6.07, 6.45) is 1.48. The Kier molecular flexibility index (Phi) is 4.81. The molecule has 0 radical (unpaired) electrons. The van der Waals surface area contributed by atoms with E-state index in [1.807, 2.05) is 0 Å². The highest BCUT2D eigenvalue weighted by Gasteiger charge is 2.09. The fourth-order valence-electron chi connectivity index (χ4n) is 1.40. The summed E-state index contributed by atoms with van der Waals surface area (Å²) in [5, 5.41) is 0.484. The van der Waals surface area contributed by atoms with Gasteiger partial charge in [-0.1, -0.05) is 25.4 Å². The van der Waals surface area contributed by atoms with Gasteiger partial charge in [0.15, 0.2) is 5.78 Å². The maximum atomic E-state index is 11.8. The molecule has 0 bridgehead atoms. The summed E-state index contributed by atoms with van der Waals surface area (Å²) in [5.74, 6) is 1.28. The van der Waals surface area contributed by atoms with E-state index < -0.39 is 0 Å². The zero-order chi connectivity index (χ0) is 12.1.